The van der Waals surface area contributed by atoms with E-state index in [9.17, 15) is 9.90 Å². The third-order valence-electron chi connectivity index (χ3n) is 5.62. The molecule has 6 nitrogen and oxygen atoms in total. The fourth-order valence-electron chi connectivity index (χ4n) is 4.02. The van der Waals surface area contributed by atoms with Crippen molar-refractivity contribution in [1.29, 1.82) is 0 Å². The van der Waals surface area contributed by atoms with E-state index in [0.29, 0.717) is 28.5 Å². The maximum absolute atomic E-state index is 12.6. The molecule has 0 spiro atoms. The van der Waals surface area contributed by atoms with E-state index in [-0.39, 0.29) is 31.9 Å². The van der Waals surface area contributed by atoms with Crippen molar-refractivity contribution in [2.75, 3.05) is 20.7 Å². The number of aliphatic hydroxyl groups is 1. The van der Waals surface area contributed by atoms with E-state index in [4.69, 9.17) is 21.3 Å². The predicted octanol–water partition coefficient (Wildman–Crippen LogP) is 3.47. The van der Waals surface area contributed by atoms with Gasteiger partial charge in [0.15, 0.2) is 5.78 Å². The van der Waals surface area contributed by atoms with E-state index < -0.39 is 0 Å². The highest BCUT2D eigenvalue weighted by Crippen LogP contribution is 2.33. The summed E-state index contributed by atoms with van der Waals surface area (Å²) in [6.45, 7) is 0.835. The number of imidazole rings is 1. The number of Topliss-reactive ketones (excluding diaryl/α,β-unsaturated/α-hetero) is 1. The van der Waals surface area contributed by atoms with Gasteiger partial charge in [-0.15, -0.1) is 0 Å². The molecule has 0 amide bonds. The average molecular weight is 448 g/mol. The van der Waals surface area contributed by atoms with E-state index in [1.54, 1.807) is 19.2 Å². The van der Waals surface area contributed by atoms with Crippen LogP contribution < -0.4 is 4.74 Å². The van der Waals surface area contributed by atoms with Gasteiger partial charge in [-0.05, 0) is 61.8 Å². The van der Waals surface area contributed by atoms with Gasteiger partial charge in [-0.1, -0.05) is 11.6 Å². The van der Waals surface area contributed by atoms with Crippen molar-refractivity contribution in [3.8, 4) is 17.0 Å². The molecule has 1 aliphatic heterocycles. The number of ether oxygens (including phenoxy) is 1. The van der Waals surface area contributed by atoms with Gasteiger partial charge in [-0.3, -0.25) is 9.69 Å². The summed E-state index contributed by atoms with van der Waals surface area (Å²) >= 11 is 6.28. The molecule has 0 saturated carbocycles. The number of carbonyl (C=O) groups excluding carboxylic acids is 1. The van der Waals surface area contributed by atoms with Crippen molar-refractivity contribution >= 4 is 36.5 Å². The lowest BCUT2D eigenvalue weighted by atomic mass is 10.0. The SMILES string of the molecule is COc1cc(CO)c(-c2cn3ccc(CC(=O)[C@@H]4CCCN4C)cc3n2)cc1Cl.S. The standard InChI is InChI=1S/C22H24ClN3O3.H2S/c1-25-6-3-4-19(25)20(28)8-14-5-7-26-12-18(24-22(26)9-14)16-11-17(23)21(29-2)10-15(16)13-27;/h5,7,9-12,19,27H,3-4,6,8,13H2,1-2H3;1H2/t19-;/m0./s1. The Hall–Kier alpha value is -2.06. The van der Waals surface area contributed by atoms with Crippen molar-refractivity contribution in [2.24, 2.45) is 0 Å². The van der Waals surface area contributed by atoms with Crippen LogP contribution in [0.25, 0.3) is 16.9 Å². The number of likely N-dealkylation sites (tertiary alicyclic amines) is 1. The lowest BCUT2D eigenvalue weighted by Gasteiger charge is -2.17. The molecule has 1 atom stereocenters. The largest absolute Gasteiger partial charge is 0.495 e. The maximum atomic E-state index is 12.6. The van der Waals surface area contributed by atoms with Crippen molar-refractivity contribution in [3.63, 3.8) is 0 Å². The quantitative estimate of drug-likeness (QED) is 0.626. The van der Waals surface area contributed by atoms with Crippen LogP contribution in [-0.2, 0) is 17.8 Å². The third kappa shape index (κ3) is 4.34. The molecule has 1 fully saturated rings. The number of carbonyl (C=O) groups is 1. The summed E-state index contributed by atoms with van der Waals surface area (Å²) in [5.41, 5.74) is 3.86. The number of halogens is 1. The van der Waals surface area contributed by atoms with Crippen molar-refractivity contribution in [1.82, 2.24) is 14.3 Å². The summed E-state index contributed by atoms with van der Waals surface area (Å²) in [6, 6.07) is 7.41. The second-order valence-electron chi connectivity index (χ2n) is 7.51. The Morgan fingerprint density at radius 2 is 2.17 bits per heavy atom. The van der Waals surface area contributed by atoms with E-state index in [1.165, 1.54) is 0 Å². The fraction of sp³-hybridized carbons (Fsp3) is 0.364. The molecule has 0 unspecified atom stereocenters. The van der Waals surface area contributed by atoms with Gasteiger partial charge in [0, 0.05) is 24.4 Å². The Morgan fingerprint density at radius 1 is 1.37 bits per heavy atom. The second-order valence-corrected chi connectivity index (χ2v) is 7.92. The van der Waals surface area contributed by atoms with Gasteiger partial charge in [-0.25, -0.2) is 4.98 Å². The van der Waals surface area contributed by atoms with Gasteiger partial charge in [-0.2, -0.15) is 13.5 Å². The Morgan fingerprint density at radius 3 is 2.83 bits per heavy atom. The first-order valence-electron chi connectivity index (χ1n) is 9.68. The summed E-state index contributed by atoms with van der Waals surface area (Å²) in [6.07, 6.45) is 6.23. The first-order valence-corrected chi connectivity index (χ1v) is 10.1. The van der Waals surface area contributed by atoms with E-state index in [2.05, 4.69) is 4.90 Å². The van der Waals surface area contributed by atoms with Crippen molar-refractivity contribution in [3.05, 3.63) is 52.8 Å². The topological polar surface area (TPSA) is 67.1 Å². The molecular weight excluding hydrogens is 422 g/mol. The molecule has 160 valence electrons. The number of hydrogen-bond donors (Lipinski definition) is 1. The minimum atomic E-state index is -0.147. The number of fused-ring (bicyclic) bond motifs is 1. The number of ketones is 1. The number of likely N-dealkylation sites (N-methyl/N-ethyl adjacent to an activating group) is 1. The first kappa shape index (κ1) is 22.6. The van der Waals surface area contributed by atoms with Gasteiger partial charge in [0.2, 0.25) is 0 Å². The molecule has 1 saturated heterocycles. The number of aromatic nitrogens is 2. The summed E-state index contributed by atoms with van der Waals surface area (Å²) in [7, 11) is 3.55. The van der Waals surface area contributed by atoms with Crippen molar-refractivity contribution < 1.29 is 14.6 Å². The minimum Gasteiger partial charge on any atom is -0.495 e. The van der Waals surface area contributed by atoms with E-state index in [0.717, 1.165) is 36.2 Å². The van der Waals surface area contributed by atoms with Crippen LogP contribution in [0.1, 0.15) is 24.0 Å². The molecule has 30 heavy (non-hydrogen) atoms. The number of nitrogens with zero attached hydrogens (tertiary/aromatic N) is 3. The van der Waals surface area contributed by atoms with Gasteiger partial charge in [0.25, 0.3) is 0 Å². The average Bonchev–Trinajstić information content (AvgIpc) is 3.33. The van der Waals surface area contributed by atoms with Crippen LogP contribution in [0.3, 0.4) is 0 Å². The van der Waals surface area contributed by atoms with Crippen LogP contribution in [0, 0.1) is 0 Å². The smallest absolute Gasteiger partial charge is 0.154 e. The second kappa shape index (κ2) is 9.39. The third-order valence-corrected chi connectivity index (χ3v) is 5.91. The molecule has 0 bridgehead atoms. The Labute approximate surface area is 187 Å². The van der Waals surface area contributed by atoms with Crippen LogP contribution in [-0.4, -0.2) is 51.9 Å². The number of rotatable bonds is 6. The van der Waals surface area contributed by atoms with E-state index >= 15 is 0 Å². The lowest BCUT2D eigenvalue weighted by Crippen LogP contribution is -2.33. The van der Waals surface area contributed by atoms with Crippen molar-refractivity contribution in [2.45, 2.75) is 31.9 Å². The normalized spacial score (nSPS) is 16.6. The fourth-order valence-corrected chi connectivity index (χ4v) is 4.26. The molecule has 4 rings (SSSR count). The molecule has 1 aliphatic rings. The number of hydrogen-bond acceptors (Lipinski definition) is 5. The zero-order chi connectivity index (χ0) is 20.5. The van der Waals surface area contributed by atoms with Crippen LogP contribution in [0.2, 0.25) is 5.02 Å². The minimum absolute atomic E-state index is 0. The molecule has 3 aromatic rings. The van der Waals surface area contributed by atoms with Gasteiger partial charge < -0.3 is 14.2 Å². The van der Waals surface area contributed by atoms with Gasteiger partial charge >= 0.3 is 0 Å². The Balaban J connectivity index is 0.00000256. The van der Waals surface area contributed by atoms with Crippen LogP contribution in [0.15, 0.2) is 36.7 Å². The highest BCUT2D eigenvalue weighted by Gasteiger charge is 2.27. The zero-order valence-corrected chi connectivity index (χ0v) is 18.8. The first-order chi connectivity index (χ1) is 14.0. The summed E-state index contributed by atoms with van der Waals surface area (Å²) in [4.78, 5) is 19.5. The molecule has 1 aromatic carbocycles. The molecule has 1 N–H and O–H groups in total. The maximum Gasteiger partial charge on any atom is 0.154 e. The molecule has 0 radical (unpaired) electrons. The Bertz CT molecular complexity index is 1070. The monoisotopic (exact) mass is 447 g/mol. The Kier molecular flexibility index (Phi) is 7.08. The van der Waals surface area contributed by atoms with Crippen LogP contribution in [0.4, 0.5) is 0 Å². The van der Waals surface area contributed by atoms with Crippen LogP contribution in [0.5, 0.6) is 5.75 Å². The predicted molar refractivity (Wildman–Crippen MR) is 123 cm³/mol. The van der Waals surface area contributed by atoms with E-state index in [1.807, 2.05) is 36.0 Å². The van der Waals surface area contributed by atoms with Gasteiger partial charge in [0.1, 0.15) is 11.4 Å². The number of aliphatic hydroxyl groups excluding tert-OH is 1. The zero-order valence-electron chi connectivity index (χ0n) is 17.1. The summed E-state index contributed by atoms with van der Waals surface area (Å²) in [5, 5.41) is 10.2. The number of methoxy groups -OCH3 is 1. The lowest BCUT2D eigenvalue weighted by molar-refractivity contribution is -0.122. The summed E-state index contributed by atoms with van der Waals surface area (Å²) < 4.78 is 7.14. The van der Waals surface area contributed by atoms with Gasteiger partial charge in [0.05, 0.1) is 30.5 Å². The summed E-state index contributed by atoms with van der Waals surface area (Å²) in [5.74, 6) is 0.770. The number of benzene rings is 1. The highest BCUT2D eigenvalue weighted by atomic mass is 35.5. The van der Waals surface area contributed by atoms with Crippen LogP contribution >= 0.6 is 25.1 Å². The molecule has 0 aliphatic carbocycles. The molecule has 2 aromatic heterocycles. The highest BCUT2D eigenvalue weighted by molar-refractivity contribution is 7.59. The molecule has 8 heteroatoms. The number of pyridine rings is 1. The molecular formula is C22H26ClN3O3S. The molecule has 3 heterocycles.